The lowest BCUT2D eigenvalue weighted by Gasteiger charge is -2.31. The molecule has 2 aliphatic rings. The quantitative estimate of drug-likeness (QED) is 0.786. The van der Waals surface area contributed by atoms with Crippen molar-refractivity contribution in [3.63, 3.8) is 0 Å². The highest BCUT2D eigenvalue weighted by atomic mass is 15.3. The first-order valence-electron chi connectivity index (χ1n) is 10.4. The second-order valence-electron chi connectivity index (χ2n) is 7.68. The summed E-state index contributed by atoms with van der Waals surface area (Å²) in [6.07, 6.45) is 4.05. The lowest BCUT2D eigenvalue weighted by Crippen LogP contribution is -2.38. The molecule has 0 saturated carbocycles. The van der Waals surface area contributed by atoms with Crippen LogP contribution < -0.4 is 4.90 Å². The molecule has 27 heavy (non-hydrogen) atoms. The zero-order chi connectivity index (χ0) is 18.6. The normalized spacial score (nSPS) is 20.3. The van der Waals surface area contributed by atoms with E-state index in [9.17, 15) is 0 Å². The van der Waals surface area contributed by atoms with E-state index in [0.29, 0.717) is 6.04 Å². The van der Waals surface area contributed by atoms with Crippen molar-refractivity contribution in [3.8, 4) is 0 Å². The Morgan fingerprint density at radius 3 is 2.67 bits per heavy atom. The molecule has 0 spiro atoms. The van der Waals surface area contributed by atoms with Gasteiger partial charge in [-0.1, -0.05) is 44.2 Å². The number of aromatic nitrogens is 2. The fraction of sp³-hybridized carbons (Fsp3) is 0.545. The summed E-state index contributed by atoms with van der Waals surface area (Å²) in [7, 11) is 0. The molecule has 0 radical (unpaired) electrons. The van der Waals surface area contributed by atoms with Gasteiger partial charge in [0.2, 0.25) is 0 Å². The van der Waals surface area contributed by atoms with Gasteiger partial charge >= 0.3 is 0 Å². The highest BCUT2D eigenvalue weighted by Gasteiger charge is 2.30. The van der Waals surface area contributed by atoms with Crippen molar-refractivity contribution in [1.29, 1.82) is 0 Å². The van der Waals surface area contributed by atoms with Crippen molar-refractivity contribution in [1.82, 2.24) is 19.8 Å². The average Bonchev–Trinajstić information content (AvgIpc) is 3.19. The lowest BCUT2D eigenvalue weighted by molar-refractivity contribution is 0.232. The Balaban J connectivity index is 1.46. The molecule has 0 amide bonds. The summed E-state index contributed by atoms with van der Waals surface area (Å²) in [5.41, 5.74) is 3.97. The predicted octanol–water partition coefficient (Wildman–Crippen LogP) is 2.96. The minimum atomic E-state index is 0.656. The summed E-state index contributed by atoms with van der Waals surface area (Å²) in [5.74, 6) is 1.19. The number of hydrogen-bond acceptors (Lipinski definition) is 5. The number of anilines is 1. The van der Waals surface area contributed by atoms with E-state index in [1.807, 2.05) is 0 Å². The standard InChI is InChI=1S/C22H31N5/c1-3-26(4-2)19-10-13-27(15-19)22-20-11-12-25(16-21(20)23-17-24-22)14-18-8-6-5-7-9-18/h5-9,17,19H,3-4,10-16H2,1-2H3. The molecule has 2 aromatic rings. The van der Waals surface area contributed by atoms with Gasteiger partial charge in [-0.2, -0.15) is 0 Å². The van der Waals surface area contributed by atoms with Crippen LogP contribution in [0.1, 0.15) is 37.1 Å². The second kappa shape index (κ2) is 8.36. The highest BCUT2D eigenvalue weighted by molar-refractivity contribution is 5.50. The third-order valence-corrected chi connectivity index (χ3v) is 6.10. The predicted molar refractivity (Wildman–Crippen MR) is 110 cm³/mol. The van der Waals surface area contributed by atoms with E-state index < -0.39 is 0 Å². The zero-order valence-electron chi connectivity index (χ0n) is 16.6. The molecule has 1 saturated heterocycles. The Kier molecular flexibility index (Phi) is 5.69. The molecule has 0 N–H and O–H groups in total. The number of nitrogens with zero attached hydrogens (tertiary/aromatic N) is 5. The summed E-state index contributed by atoms with van der Waals surface area (Å²) < 4.78 is 0. The van der Waals surface area contributed by atoms with Crippen molar-refractivity contribution < 1.29 is 0 Å². The average molecular weight is 366 g/mol. The van der Waals surface area contributed by atoms with Gasteiger partial charge in [-0.25, -0.2) is 9.97 Å². The van der Waals surface area contributed by atoms with Crippen molar-refractivity contribution in [2.75, 3.05) is 37.6 Å². The van der Waals surface area contributed by atoms with Crippen LogP contribution >= 0.6 is 0 Å². The molecule has 4 rings (SSSR count). The van der Waals surface area contributed by atoms with Crippen LogP contribution in [0, 0.1) is 0 Å². The maximum atomic E-state index is 4.71. The third-order valence-electron chi connectivity index (χ3n) is 6.10. The van der Waals surface area contributed by atoms with Crippen LogP contribution in [0.4, 0.5) is 5.82 Å². The van der Waals surface area contributed by atoms with E-state index in [0.717, 1.165) is 52.2 Å². The molecule has 5 nitrogen and oxygen atoms in total. The van der Waals surface area contributed by atoms with Crippen LogP contribution in [0.2, 0.25) is 0 Å². The molecule has 1 unspecified atom stereocenters. The van der Waals surface area contributed by atoms with E-state index in [1.54, 1.807) is 6.33 Å². The van der Waals surface area contributed by atoms with E-state index in [1.165, 1.54) is 29.1 Å². The van der Waals surface area contributed by atoms with Gasteiger partial charge in [0, 0.05) is 44.3 Å². The summed E-state index contributed by atoms with van der Waals surface area (Å²) in [5, 5.41) is 0. The summed E-state index contributed by atoms with van der Waals surface area (Å²) in [6, 6.07) is 11.4. The third kappa shape index (κ3) is 3.99. The molecule has 2 aliphatic heterocycles. The Bertz CT molecular complexity index is 744. The molecule has 144 valence electrons. The maximum absolute atomic E-state index is 4.71. The lowest BCUT2D eigenvalue weighted by atomic mass is 10.0. The molecule has 1 fully saturated rings. The number of hydrogen-bond donors (Lipinski definition) is 0. The fourth-order valence-corrected chi connectivity index (χ4v) is 4.61. The van der Waals surface area contributed by atoms with E-state index in [4.69, 9.17) is 4.98 Å². The SMILES string of the molecule is CCN(CC)C1CCN(c2ncnc3c2CCN(Cc2ccccc2)C3)C1. The highest BCUT2D eigenvalue weighted by Crippen LogP contribution is 2.29. The molecule has 0 aliphatic carbocycles. The molecule has 0 bridgehead atoms. The topological polar surface area (TPSA) is 35.5 Å². The maximum Gasteiger partial charge on any atom is 0.135 e. The van der Waals surface area contributed by atoms with Crippen molar-refractivity contribution in [2.24, 2.45) is 0 Å². The Morgan fingerprint density at radius 1 is 1.07 bits per heavy atom. The van der Waals surface area contributed by atoms with Gasteiger partial charge in [-0.3, -0.25) is 9.80 Å². The second-order valence-corrected chi connectivity index (χ2v) is 7.68. The Morgan fingerprint density at radius 2 is 1.89 bits per heavy atom. The Hall–Kier alpha value is -1.98. The first kappa shape index (κ1) is 18.4. The van der Waals surface area contributed by atoms with Gasteiger partial charge in [0.25, 0.3) is 0 Å². The molecule has 1 aromatic heterocycles. The molecule has 3 heterocycles. The van der Waals surface area contributed by atoms with E-state index in [-0.39, 0.29) is 0 Å². The number of fused-ring (bicyclic) bond motifs is 1. The van der Waals surface area contributed by atoms with Crippen molar-refractivity contribution in [3.05, 3.63) is 53.5 Å². The van der Waals surface area contributed by atoms with Gasteiger partial charge in [-0.05, 0) is 31.5 Å². The van der Waals surface area contributed by atoms with Gasteiger partial charge < -0.3 is 4.90 Å². The minimum absolute atomic E-state index is 0.656. The zero-order valence-corrected chi connectivity index (χ0v) is 16.6. The monoisotopic (exact) mass is 365 g/mol. The summed E-state index contributed by atoms with van der Waals surface area (Å²) >= 11 is 0. The number of likely N-dealkylation sites (N-methyl/N-ethyl adjacent to an activating group) is 1. The van der Waals surface area contributed by atoms with Gasteiger partial charge in [0.1, 0.15) is 12.1 Å². The van der Waals surface area contributed by atoms with Crippen LogP contribution in [-0.4, -0.2) is 58.5 Å². The summed E-state index contributed by atoms with van der Waals surface area (Å²) in [6.45, 7) is 12.0. The van der Waals surface area contributed by atoms with E-state index >= 15 is 0 Å². The largest absolute Gasteiger partial charge is 0.355 e. The van der Waals surface area contributed by atoms with Crippen LogP contribution in [0.15, 0.2) is 36.7 Å². The molecular formula is C22H31N5. The van der Waals surface area contributed by atoms with Crippen LogP contribution in [0.25, 0.3) is 0 Å². The van der Waals surface area contributed by atoms with Gasteiger partial charge in [0.05, 0.1) is 5.69 Å². The molecule has 1 atom stereocenters. The van der Waals surface area contributed by atoms with Gasteiger partial charge in [0.15, 0.2) is 0 Å². The first-order chi connectivity index (χ1) is 13.3. The van der Waals surface area contributed by atoms with Crippen LogP contribution in [-0.2, 0) is 19.5 Å². The minimum Gasteiger partial charge on any atom is -0.355 e. The smallest absolute Gasteiger partial charge is 0.135 e. The fourth-order valence-electron chi connectivity index (χ4n) is 4.61. The molecule has 1 aromatic carbocycles. The van der Waals surface area contributed by atoms with Crippen LogP contribution in [0.5, 0.6) is 0 Å². The summed E-state index contributed by atoms with van der Waals surface area (Å²) in [4.78, 5) is 16.9. The number of rotatable bonds is 6. The molecule has 5 heteroatoms. The van der Waals surface area contributed by atoms with E-state index in [2.05, 4.69) is 63.9 Å². The Labute approximate surface area is 163 Å². The van der Waals surface area contributed by atoms with Crippen molar-refractivity contribution in [2.45, 2.75) is 45.8 Å². The number of benzene rings is 1. The molecular weight excluding hydrogens is 334 g/mol. The van der Waals surface area contributed by atoms with Gasteiger partial charge in [-0.15, -0.1) is 0 Å². The first-order valence-corrected chi connectivity index (χ1v) is 10.4. The van der Waals surface area contributed by atoms with Crippen LogP contribution in [0.3, 0.4) is 0 Å². The van der Waals surface area contributed by atoms with Crippen molar-refractivity contribution >= 4 is 5.82 Å².